The zero-order valence-corrected chi connectivity index (χ0v) is 11.6. The van der Waals surface area contributed by atoms with E-state index in [2.05, 4.69) is 11.8 Å². The summed E-state index contributed by atoms with van der Waals surface area (Å²) in [4.78, 5) is 14.4. The highest BCUT2D eigenvalue weighted by Gasteiger charge is 2.22. The van der Waals surface area contributed by atoms with Crippen molar-refractivity contribution in [1.82, 2.24) is 4.90 Å². The van der Waals surface area contributed by atoms with Gasteiger partial charge >= 0.3 is 0 Å². The number of carbonyl (C=O) groups excluding carboxylic acids is 1. The number of Topliss-reactive ketones (excluding diaryl/α,β-unsaturated/α-hetero) is 1. The molecule has 2 rings (SSSR count). The Morgan fingerprint density at radius 3 is 2.47 bits per heavy atom. The van der Waals surface area contributed by atoms with E-state index in [0.29, 0.717) is 19.0 Å². The molecule has 3 heteroatoms. The molecule has 19 heavy (non-hydrogen) atoms. The van der Waals surface area contributed by atoms with Gasteiger partial charge in [0, 0.05) is 12.5 Å². The van der Waals surface area contributed by atoms with Crippen LogP contribution in [0.15, 0.2) is 24.3 Å². The Hall–Kier alpha value is -1.22. The quantitative estimate of drug-likeness (QED) is 0.785. The Balaban J connectivity index is 1.87. The summed E-state index contributed by atoms with van der Waals surface area (Å²) < 4.78 is 12.8. The molecule has 0 heterocycles. The first kappa shape index (κ1) is 14.2. The lowest BCUT2D eigenvalue weighted by Crippen LogP contribution is -2.37. The van der Waals surface area contributed by atoms with E-state index in [1.165, 1.54) is 37.8 Å². The fourth-order valence-corrected chi connectivity index (χ4v) is 2.88. The second-order valence-corrected chi connectivity index (χ2v) is 5.34. The van der Waals surface area contributed by atoms with Crippen molar-refractivity contribution in [3.63, 3.8) is 0 Å². The van der Waals surface area contributed by atoms with Crippen molar-refractivity contribution in [2.24, 2.45) is 0 Å². The van der Waals surface area contributed by atoms with Crippen molar-refractivity contribution in [2.75, 3.05) is 13.1 Å². The van der Waals surface area contributed by atoms with Crippen LogP contribution in [0.1, 0.15) is 38.2 Å². The van der Waals surface area contributed by atoms with Crippen LogP contribution in [0, 0.1) is 5.82 Å². The predicted molar refractivity (Wildman–Crippen MR) is 74.6 cm³/mol. The molecule has 0 bridgehead atoms. The number of likely N-dealkylation sites (N-methyl/N-ethyl adjacent to an activating group) is 1. The first-order valence-corrected chi connectivity index (χ1v) is 7.19. The van der Waals surface area contributed by atoms with Gasteiger partial charge < -0.3 is 0 Å². The molecule has 1 aromatic rings. The molecule has 1 aliphatic rings. The monoisotopic (exact) mass is 263 g/mol. The number of ketones is 1. The van der Waals surface area contributed by atoms with E-state index < -0.39 is 0 Å². The average Bonchev–Trinajstić information content (AvgIpc) is 2.92. The number of halogens is 1. The second-order valence-electron chi connectivity index (χ2n) is 5.34. The summed E-state index contributed by atoms with van der Waals surface area (Å²) >= 11 is 0. The van der Waals surface area contributed by atoms with Crippen LogP contribution in [-0.2, 0) is 11.2 Å². The van der Waals surface area contributed by atoms with Gasteiger partial charge in [0.15, 0.2) is 5.78 Å². The molecule has 0 atom stereocenters. The normalized spacial score (nSPS) is 16.2. The minimum absolute atomic E-state index is 0.223. The van der Waals surface area contributed by atoms with Crippen LogP contribution in [0.5, 0.6) is 0 Å². The predicted octanol–water partition coefficient (Wildman–Crippen LogP) is 3.20. The average molecular weight is 263 g/mol. The van der Waals surface area contributed by atoms with Crippen molar-refractivity contribution in [3.05, 3.63) is 35.6 Å². The number of hydrogen-bond acceptors (Lipinski definition) is 2. The molecule has 0 amide bonds. The molecule has 0 unspecified atom stereocenters. The summed E-state index contributed by atoms with van der Waals surface area (Å²) in [6.45, 7) is 3.57. The van der Waals surface area contributed by atoms with Gasteiger partial charge in [0.1, 0.15) is 5.82 Å². The highest BCUT2D eigenvalue weighted by atomic mass is 19.1. The van der Waals surface area contributed by atoms with Crippen molar-refractivity contribution in [1.29, 1.82) is 0 Å². The molecule has 0 aromatic heterocycles. The zero-order chi connectivity index (χ0) is 13.7. The van der Waals surface area contributed by atoms with E-state index in [9.17, 15) is 9.18 Å². The Bertz CT molecular complexity index is 409. The van der Waals surface area contributed by atoms with Crippen molar-refractivity contribution >= 4 is 5.78 Å². The molecule has 0 N–H and O–H groups in total. The highest BCUT2D eigenvalue weighted by molar-refractivity contribution is 5.82. The van der Waals surface area contributed by atoms with Gasteiger partial charge in [-0.2, -0.15) is 0 Å². The molecule has 0 radical (unpaired) electrons. The molecule has 0 aliphatic heterocycles. The molecule has 1 saturated carbocycles. The number of benzene rings is 1. The lowest BCUT2D eigenvalue weighted by Gasteiger charge is -2.26. The Morgan fingerprint density at radius 2 is 1.89 bits per heavy atom. The Kier molecular flexibility index (Phi) is 5.08. The fourth-order valence-electron chi connectivity index (χ4n) is 2.88. The lowest BCUT2D eigenvalue weighted by molar-refractivity contribution is -0.120. The van der Waals surface area contributed by atoms with E-state index in [1.807, 2.05) is 0 Å². The summed E-state index contributed by atoms with van der Waals surface area (Å²) in [6.07, 6.45) is 5.42. The molecular weight excluding hydrogens is 241 g/mol. The third-order valence-electron chi connectivity index (χ3n) is 3.94. The maximum atomic E-state index is 12.8. The zero-order valence-electron chi connectivity index (χ0n) is 11.6. The smallest absolute Gasteiger partial charge is 0.151 e. The maximum Gasteiger partial charge on any atom is 0.151 e. The van der Waals surface area contributed by atoms with E-state index in [4.69, 9.17) is 0 Å². The van der Waals surface area contributed by atoms with Crippen molar-refractivity contribution < 1.29 is 9.18 Å². The summed E-state index contributed by atoms with van der Waals surface area (Å²) in [5.74, 6) is -0.0299. The number of nitrogens with zero attached hydrogens (tertiary/aromatic N) is 1. The topological polar surface area (TPSA) is 20.3 Å². The maximum absolute atomic E-state index is 12.8. The van der Waals surface area contributed by atoms with Gasteiger partial charge in [-0.15, -0.1) is 0 Å². The molecule has 0 spiro atoms. The van der Waals surface area contributed by atoms with Gasteiger partial charge in [-0.3, -0.25) is 9.69 Å². The SMILES string of the molecule is CCN(CC(=O)Cc1ccc(F)cc1)C1CCCC1. The van der Waals surface area contributed by atoms with Gasteiger partial charge in [-0.05, 0) is 37.1 Å². The largest absolute Gasteiger partial charge is 0.298 e. The van der Waals surface area contributed by atoms with Crippen molar-refractivity contribution in [3.8, 4) is 0 Å². The first-order valence-electron chi connectivity index (χ1n) is 7.19. The first-order chi connectivity index (χ1) is 9.19. The van der Waals surface area contributed by atoms with Crippen LogP contribution in [0.2, 0.25) is 0 Å². The van der Waals surface area contributed by atoms with Gasteiger partial charge in [-0.1, -0.05) is 31.9 Å². The van der Waals surface area contributed by atoms with Crippen LogP contribution in [0.3, 0.4) is 0 Å². The molecule has 2 nitrogen and oxygen atoms in total. The fraction of sp³-hybridized carbons (Fsp3) is 0.562. The van der Waals surface area contributed by atoms with Crippen LogP contribution in [0.4, 0.5) is 4.39 Å². The van der Waals surface area contributed by atoms with Crippen LogP contribution >= 0.6 is 0 Å². The molecule has 0 saturated heterocycles. The molecule has 1 aromatic carbocycles. The second kappa shape index (κ2) is 6.80. The van der Waals surface area contributed by atoms with E-state index in [-0.39, 0.29) is 11.6 Å². The standard InChI is InChI=1S/C16H22FNO/c1-2-18(15-5-3-4-6-15)12-16(19)11-13-7-9-14(17)10-8-13/h7-10,15H,2-6,11-12H2,1H3. The van der Waals surface area contributed by atoms with Gasteiger partial charge in [0.2, 0.25) is 0 Å². The molecular formula is C16H22FNO. The Labute approximate surface area is 114 Å². The number of hydrogen-bond donors (Lipinski definition) is 0. The summed E-state index contributed by atoms with van der Waals surface area (Å²) in [6, 6.07) is 6.80. The molecule has 1 fully saturated rings. The van der Waals surface area contributed by atoms with Crippen LogP contribution in [0.25, 0.3) is 0 Å². The molecule has 1 aliphatic carbocycles. The van der Waals surface area contributed by atoms with Crippen molar-refractivity contribution in [2.45, 2.75) is 45.1 Å². The highest BCUT2D eigenvalue weighted by Crippen LogP contribution is 2.23. The van der Waals surface area contributed by atoms with E-state index >= 15 is 0 Å². The minimum atomic E-state index is -0.252. The number of carbonyl (C=O) groups is 1. The van der Waals surface area contributed by atoms with E-state index in [0.717, 1.165) is 12.1 Å². The minimum Gasteiger partial charge on any atom is -0.298 e. The molecule has 104 valence electrons. The Morgan fingerprint density at radius 1 is 1.26 bits per heavy atom. The van der Waals surface area contributed by atoms with E-state index in [1.54, 1.807) is 12.1 Å². The van der Waals surface area contributed by atoms with Gasteiger partial charge in [0.05, 0.1) is 6.54 Å². The van der Waals surface area contributed by atoms with Crippen LogP contribution < -0.4 is 0 Å². The summed E-state index contributed by atoms with van der Waals surface area (Å²) in [7, 11) is 0. The van der Waals surface area contributed by atoms with Crippen LogP contribution in [-0.4, -0.2) is 29.8 Å². The number of rotatable bonds is 6. The van der Waals surface area contributed by atoms with Gasteiger partial charge in [-0.25, -0.2) is 4.39 Å². The third kappa shape index (κ3) is 4.13. The summed E-state index contributed by atoms with van der Waals surface area (Å²) in [5.41, 5.74) is 0.897. The van der Waals surface area contributed by atoms with Gasteiger partial charge in [0.25, 0.3) is 0 Å². The third-order valence-corrected chi connectivity index (χ3v) is 3.94. The summed E-state index contributed by atoms with van der Waals surface area (Å²) in [5, 5.41) is 0. The lowest BCUT2D eigenvalue weighted by atomic mass is 10.1.